The number of hydrogen-bond donors (Lipinski definition) is 1. The minimum absolute atomic E-state index is 0. The zero-order valence-electron chi connectivity index (χ0n) is 13.2. The van der Waals surface area contributed by atoms with Crippen LogP contribution in [0.5, 0.6) is 0 Å². The van der Waals surface area contributed by atoms with Gasteiger partial charge in [-0.1, -0.05) is 73.6 Å². The van der Waals surface area contributed by atoms with Crippen LogP contribution in [-0.4, -0.2) is 12.1 Å². The fraction of sp³-hybridized carbons (Fsp3) is 1.00. The van der Waals surface area contributed by atoms with E-state index in [9.17, 15) is 0 Å². The van der Waals surface area contributed by atoms with E-state index in [0.29, 0.717) is 12.1 Å². The summed E-state index contributed by atoms with van der Waals surface area (Å²) >= 11 is 0. The standard InChI is InChI=1S/C7H16.C6H15N.Li.H/c1-3-5-7-6-4-2;1-5(2)7-6(3)4;;/h3-7H2,1-2H3;5-7H,1-4H3;;/q;;+1;-1. The third kappa shape index (κ3) is 31.3. The van der Waals surface area contributed by atoms with Crippen molar-refractivity contribution in [1.82, 2.24) is 5.32 Å². The van der Waals surface area contributed by atoms with Crippen LogP contribution in [-0.2, 0) is 0 Å². The van der Waals surface area contributed by atoms with Gasteiger partial charge in [0.25, 0.3) is 0 Å². The first-order valence-electron chi connectivity index (χ1n) is 6.30. The molecule has 0 bridgehead atoms. The van der Waals surface area contributed by atoms with E-state index in [1.807, 2.05) is 0 Å². The maximum Gasteiger partial charge on any atom is 1.00 e. The van der Waals surface area contributed by atoms with Crippen molar-refractivity contribution in [2.75, 3.05) is 0 Å². The maximum atomic E-state index is 3.31. The van der Waals surface area contributed by atoms with Gasteiger partial charge in [0.1, 0.15) is 0 Å². The number of rotatable bonds is 6. The summed E-state index contributed by atoms with van der Waals surface area (Å²) in [5, 5.41) is 3.31. The van der Waals surface area contributed by atoms with Gasteiger partial charge < -0.3 is 6.74 Å². The second-order valence-corrected chi connectivity index (χ2v) is 4.54. The smallest absolute Gasteiger partial charge is 1.00 e. The molecule has 0 aromatic rings. The predicted molar refractivity (Wildman–Crippen MR) is 69.0 cm³/mol. The molecule has 1 N–H and O–H groups in total. The second-order valence-electron chi connectivity index (χ2n) is 4.54. The van der Waals surface area contributed by atoms with Gasteiger partial charge in [0, 0.05) is 12.1 Å². The molecule has 0 aromatic heterocycles. The molecule has 0 unspecified atom stereocenters. The largest absolute Gasteiger partial charge is 1.00 e. The molecular formula is C13H32LiN. The van der Waals surface area contributed by atoms with Gasteiger partial charge in [0.05, 0.1) is 0 Å². The van der Waals surface area contributed by atoms with Crippen molar-refractivity contribution in [3.05, 3.63) is 0 Å². The van der Waals surface area contributed by atoms with Crippen LogP contribution in [0.25, 0.3) is 0 Å². The Morgan fingerprint density at radius 1 is 0.800 bits per heavy atom. The molecule has 0 amide bonds. The van der Waals surface area contributed by atoms with Crippen molar-refractivity contribution < 1.29 is 20.3 Å². The average Bonchev–Trinajstić information content (AvgIpc) is 2.04. The van der Waals surface area contributed by atoms with Crippen LogP contribution >= 0.6 is 0 Å². The van der Waals surface area contributed by atoms with Gasteiger partial charge in [-0.3, -0.25) is 0 Å². The summed E-state index contributed by atoms with van der Waals surface area (Å²) < 4.78 is 0. The van der Waals surface area contributed by atoms with Crippen LogP contribution in [0.2, 0.25) is 0 Å². The average molecular weight is 209 g/mol. The minimum atomic E-state index is 0. The summed E-state index contributed by atoms with van der Waals surface area (Å²) in [6, 6.07) is 1.25. The molecule has 0 saturated carbocycles. The fourth-order valence-electron chi connectivity index (χ4n) is 1.34. The molecule has 0 saturated heterocycles. The van der Waals surface area contributed by atoms with Crippen LogP contribution < -0.4 is 24.2 Å². The molecule has 0 aliphatic heterocycles. The Bertz CT molecular complexity index is 87.9. The van der Waals surface area contributed by atoms with Gasteiger partial charge in [0.2, 0.25) is 0 Å². The molecule has 0 spiro atoms. The molecular weight excluding hydrogens is 177 g/mol. The number of nitrogens with one attached hydrogen (secondary N) is 1. The summed E-state index contributed by atoms with van der Waals surface area (Å²) in [5.74, 6) is 0. The molecule has 1 nitrogen and oxygen atoms in total. The van der Waals surface area contributed by atoms with Crippen LogP contribution in [0.3, 0.4) is 0 Å². The molecule has 0 rings (SSSR count). The summed E-state index contributed by atoms with van der Waals surface area (Å²) in [6.07, 6.45) is 7.01. The Labute approximate surface area is 111 Å². The van der Waals surface area contributed by atoms with E-state index >= 15 is 0 Å². The molecule has 15 heavy (non-hydrogen) atoms. The van der Waals surface area contributed by atoms with E-state index in [0.717, 1.165) is 0 Å². The quantitative estimate of drug-likeness (QED) is 0.516. The third-order valence-corrected chi connectivity index (χ3v) is 1.87. The SMILES string of the molecule is CC(C)NC(C)C.CCCCCCC.[H-].[Li+]. The molecule has 0 aliphatic carbocycles. The monoisotopic (exact) mass is 209 g/mol. The summed E-state index contributed by atoms with van der Waals surface area (Å²) in [4.78, 5) is 0. The van der Waals surface area contributed by atoms with Crippen LogP contribution in [0.15, 0.2) is 0 Å². The molecule has 0 aliphatic rings. The van der Waals surface area contributed by atoms with E-state index in [-0.39, 0.29) is 20.3 Å². The summed E-state index contributed by atoms with van der Waals surface area (Å²) in [6.45, 7) is 13.1. The number of unbranched alkanes of at least 4 members (excludes halogenated alkanes) is 4. The Morgan fingerprint density at radius 3 is 1.27 bits per heavy atom. The topological polar surface area (TPSA) is 12.0 Å². The van der Waals surface area contributed by atoms with Crippen molar-refractivity contribution in [2.24, 2.45) is 0 Å². The molecule has 0 aromatic carbocycles. The van der Waals surface area contributed by atoms with Gasteiger partial charge in [-0.15, -0.1) is 0 Å². The Morgan fingerprint density at radius 2 is 1.13 bits per heavy atom. The first kappa shape index (κ1) is 20.9. The van der Waals surface area contributed by atoms with Crippen molar-refractivity contribution >= 4 is 0 Å². The molecule has 0 heterocycles. The van der Waals surface area contributed by atoms with Gasteiger partial charge in [-0.05, 0) is 0 Å². The Kier molecular flexibility index (Phi) is 23.7. The zero-order valence-corrected chi connectivity index (χ0v) is 12.2. The molecule has 90 valence electrons. The summed E-state index contributed by atoms with van der Waals surface area (Å²) in [5.41, 5.74) is 0. The second kappa shape index (κ2) is 17.0. The van der Waals surface area contributed by atoms with E-state index < -0.39 is 0 Å². The Balaban J connectivity index is -0.0000000800. The Hall–Kier alpha value is 0.557. The van der Waals surface area contributed by atoms with Crippen molar-refractivity contribution in [3.63, 3.8) is 0 Å². The van der Waals surface area contributed by atoms with E-state index in [4.69, 9.17) is 0 Å². The van der Waals surface area contributed by atoms with Gasteiger partial charge in [-0.2, -0.15) is 0 Å². The fourth-order valence-corrected chi connectivity index (χ4v) is 1.34. The first-order chi connectivity index (χ1) is 6.54. The van der Waals surface area contributed by atoms with E-state index in [1.54, 1.807) is 0 Å². The minimum Gasteiger partial charge on any atom is -1.00 e. The van der Waals surface area contributed by atoms with Crippen LogP contribution in [0.4, 0.5) is 0 Å². The maximum absolute atomic E-state index is 3.31. The van der Waals surface area contributed by atoms with Crippen LogP contribution in [0.1, 0.15) is 75.1 Å². The molecule has 0 atom stereocenters. The van der Waals surface area contributed by atoms with Gasteiger partial charge in [-0.25, -0.2) is 0 Å². The normalized spacial score (nSPS) is 9.60. The van der Waals surface area contributed by atoms with Gasteiger partial charge in [0.15, 0.2) is 0 Å². The molecule has 0 fully saturated rings. The summed E-state index contributed by atoms with van der Waals surface area (Å²) in [7, 11) is 0. The van der Waals surface area contributed by atoms with Crippen molar-refractivity contribution in [1.29, 1.82) is 0 Å². The van der Waals surface area contributed by atoms with Crippen molar-refractivity contribution in [2.45, 2.75) is 85.7 Å². The predicted octanol–water partition coefficient (Wildman–Crippen LogP) is 1.49. The van der Waals surface area contributed by atoms with Gasteiger partial charge >= 0.3 is 18.9 Å². The third-order valence-electron chi connectivity index (χ3n) is 1.87. The molecule has 2 heteroatoms. The molecule has 0 radical (unpaired) electrons. The zero-order chi connectivity index (χ0) is 11.4. The first-order valence-corrected chi connectivity index (χ1v) is 6.30. The van der Waals surface area contributed by atoms with Crippen LogP contribution in [0, 0.1) is 0 Å². The van der Waals surface area contributed by atoms with Crippen molar-refractivity contribution in [3.8, 4) is 0 Å². The van der Waals surface area contributed by atoms with E-state index in [1.165, 1.54) is 32.1 Å². The van der Waals surface area contributed by atoms with E-state index in [2.05, 4.69) is 46.9 Å². The number of hydrogen-bond acceptors (Lipinski definition) is 1.